The van der Waals surface area contributed by atoms with Crippen molar-refractivity contribution in [1.82, 2.24) is 10.2 Å². The van der Waals surface area contributed by atoms with Crippen LogP contribution in [-0.4, -0.2) is 55.5 Å². The van der Waals surface area contributed by atoms with E-state index in [0.717, 1.165) is 30.2 Å². The third-order valence-corrected chi connectivity index (χ3v) is 5.92. The van der Waals surface area contributed by atoms with Gasteiger partial charge in [-0.05, 0) is 52.6 Å². The van der Waals surface area contributed by atoms with Crippen molar-refractivity contribution >= 4 is 0 Å². The molecule has 0 bridgehead atoms. The van der Waals surface area contributed by atoms with Crippen molar-refractivity contribution in [3.63, 3.8) is 0 Å². The van der Waals surface area contributed by atoms with E-state index < -0.39 is 0 Å². The Morgan fingerprint density at radius 2 is 1.96 bits per heavy atom. The highest BCUT2D eigenvalue weighted by atomic mass is 16.5. The zero-order valence-electron chi connectivity index (χ0n) is 16.1. The average Bonchev–Trinajstić information content (AvgIpc) is 3.10. The van der Waals surface area contributed by atoms with E-state index in [9.17, 15) is 5.11 Å². The lowest BCUT2D eigenvalue weighted by molar-refractivity contribution is 0.145. The second kappa shape index (κ2) is 7.14. The fourth-order valence-electron chi connectivity index (χ4n) is 4.67. The van der Waals surface area contributed by atoms with Gasteiger partial charge < -0.3 is 24.8 Å². The lowest BCUT2D eigenvalue weighted by atomic mass is 9.81. The number of aliphatic hydroxyl groups excluding tert-OH is 1. The largest absolute Gasteiger partial charge is 0.493 e. The summed E-state index contributed by atoms with van der Waals surface area (Å²) in [6.45, 7) is 11.7. The summed E-state index contributed by atoms with van der Waals surface area (Å²) in [4.78, 5) is 2.37. The molecule has 0 amide bonds. The summed E-state index contributed by atoms with van der Waals surface area (Å²) in [5, 5.41) is 13.8. The number of hydrogen-bond donors (Lipinski definition) is 2. The van der Waals surface area contributed by atoms with Gasteiger partial charge in [-0.1, -0.05) is 6.07 Å². The zero-order chi connectivity index (χ0) is 18.2. The van der Waals surface area contributed by atoms with Crippen molar-refractivity contribution in [2.45, 2.75) is 39.3 Å². The molecule has 3 rings (SSSR count). The van der Waals surface area contributed by atoms with Crippen LogP contribution < -0.4 is 14.8 Å². The van der Waals surface area contributed by atoms with Gasteiger partial charge in [0.2, 0.25) is 0 Å². The SMILES string of the molecule is CCOc1ccc([C@H]2N[C@@](C)(CO)[C@H]3CN(C)C[C@@H]23)c(OCC)c1C. The predicted octanol–water partition coefficient (Wildman–Crippen LogP) is 2.37. The van der Waals surface area contributed by atoms with Gasteiger partial charge in [-0.3, -0.25) is 0 Å². The molecule has 0 aromatic heterocycles. The molecule has 2 heterocycles. The van der Waals surface area contributed by atoms with Crippen molar-refractivity contribution < 1.29 is 14.6 Å². The molecule has 1 aromatic rings. The number of likely N-dealkylation sites (tertiary alicyclic amines) is 1. The number of rotatable bonds is 6. The topological polar surface area (TPSA) is 54.0 Å². The number of nitrogens with one attached hydrogen (secondary N) is 1. The number of nitrogens with zero attached hydrogens (tertiary/aromatic N) is 1. The van der Waals surface area contributed by atoms with Gasteiger partial charge >= 0.3 is 0 Å². The molecule has 140 valence electrons. The van der Waals surface area contributed by atoms with E-state index in [1.54, 1.807) is 0 Å². The number of hydrogen-bond acceptors (Lipinski definition) is 5. The van der Waals surface area contributed by atoms with Crippen LogP contribution in [0.3, 0.4) is 0 Å². The van der Waals surface area contributed by atoms with Crippen molar-refractivity contribution in [3.8, 4) is 11.5 Å². The maximum absolute atomic E-state index is 10.0. The highest BCUT2D eigenvalue weighted by molar-refractivity contribution is 5.51. The Morgan fingerprint density at radius 1 is 1.24 bits per heavy atom. The lowest BCUT2D eigenvalue weighted by Crippen LogP contribution is -2.47. The average molecular weight is 348 g/mol. The minimum absolute atomic E-state index is 0.151. The molecule has 2 aliphatic rings. The minimum Gasteiger partial charge on any atom is -0.493 e. The van der Waals surface area contributed by atoms with Crippen LogP contribution in [0.5, 0.6) is 11.5 Å². The minimum atomic E-state index is -0.254. The molecule has 2 N–H and O–H groups in total. The van der Waals surface area contributed by atoms with Crippen molar-refractivity contribution in [2.75, 3.05) is 40.0 Å². The van der Waals surface area contributed by atoms with Crippen LogP contribution in [0.25, 0.3) is 0 Å². The summed E-state index contributed by atoms with van der Waals surface area (Å²) in [6, 6.07) is 4.38. The first-order valence-corrected chi connectivity index (χ1v) is 9.41. The second-order valence-electron chi connectivity index (χ2n) is 7.66. The number of benzene rings is 1. The van der Waals surface area contributed by atoms with Gasteiger partial charge in [-0.15, -0.1) is 0 Å². The van der Waals surface area contributed by atoms with Crippen molar-refractivity contribution in [1.29, 1.82) is 0 Å². The summed E-state index contributed by atoms with van der Waals surface area (Å²) in [6.07, 6.45) is 0. The molecule has 0 spiro atoms. The van der Waals surface area contributed by atoms with Crippen LogP contribution in [0.1, 0.15) is 37.9 Å². The molecule has 5 heteroatoms. The monoisotopic (exact) mass is 348 g/mol. The third-order valence-electron chi connectivity index (χ3n) is 5.92. The normalized spacial score (nSPS) is 32.0. The van der Waals surface area contributed by atoms with Gasteiger partial charge in [-0.2, -0.15) is 0 Å². The summed E-state index contributed by atoms with van der Waals surface area (Å²) in [7, 11) is 2.17. The Kier molecular flexibility index (Phi) is 5.28. The van der Waals surface area contributed by atoms with Crippen molar-refractivity contribution in [2.24, 2.45) is 11.8 Å². The molecule has 0 aliphatic carbocycles. The first kappa shape index (κ1) is 18.5. The Hall–Kier alpha value is -1.30. The predicted molar refractivity (Wildman–Crippen MR) is 99.4 cm³/mol. The van der Waals surface area contributed by atoms with Crippen molar-refractivity contribution in [3.05, 3.63) is 23.3 Å². The fraction of sp³-hybridized carbons (Fsp3) is 0.700. The molecule has 25 heavy (non-hydrogen) atoms. The quantitative estimate of drug-likeness (QED) is 0.827. The molecular weight excluding hydrogens is 316 g/mol. The standard InChI is InChI=1S/C20H32N2O3/c1-6-24-17-9-8-14(19(13(17)3)25-7-2)18-15-10-22(5)11-16(15)20(4,12-23)21-18/h8-9,15-16,18,21,23H,6-7,10-12H2,1-5H3/t15-,16+,18-,20+/m1/s1. The van der Waals surface area contributed by atoms with Crippen LogP contribution in [0, 0.1) is 18.8 Å². The Bertz CT molecular complexity index is 621. The van der Waals surface area contributed by atoms with Crippen LogP contribution in [-0.2, 0) is 0 Å². The molecular formula is C20H32N2O3. The van der Waals surface area contributed by atoms with Gasteiger partial charge in [0.15, 0.2) is 0 Å². The van der Waals surface area contributed by atoms with Gasteiger partial charge in [0.1, 0.15) is 11.5 Å². The van der Waals surface area contributed by atoms with E-state index >= 15 is 0 Å². The Labute approximate surface area is 151 Å². The fourth-order valence-corrected chi connectivity index (χ4v) is 4.67. The molecule has 5 nitrogen and oxygen atoms in total. The van der Waals surface area contributed by atoms with E-state index in [0.29, 0.717) is 25.0 Å². The molecule has 2 aliphatic heterocycles. The third kappa shape index (κ3) is 3.14. The second-order valence-corrected chi connectivity index (χ2v) is 7.66. The summed E-state index contributed by atoms with van der Waals surface area (Å²) in [5.74, 6) is 2.73. The highest BCUT2D eigenvalue weighted by Gasteiger charge is 2.54. The lowest BCUT2D eigenvalue weighted by Gasteiger charge is -2.30. The van der Waals surface area contributed by atoms with Crippen LogP contribution in [0.2, 0.25) is 0 Å². The molecule has 2 fully saturated rings. The molecule has 4 atom stereocenters. The number of ether oxygens (including phenoxy) is 2. The number of aliphatic hydroxyl groups is 1. The highest BCUT2D eigenvalue weighted by Crippen LogP contribution is 2.49. The van der Waals surface area contributed by atoms with Gasteiger partial charge in [0, 0.05) is 35.8 Å². The van der Waals surface area contributed by atoms with E-state index in [-0.39, 0.29) is 18.2 Å². The smallest absolute Gasteiger partial charge is 0.130 e. The maximum atomic E-state index is 10.0. The van der Waals surface area contributed by atoms with Gasteiger partial charge in [0.05, 0.1) is 19.8 Å². The summed E-state index contributed by atoms with van der Waals surface area (Å²) in [5.41, 5.74) is 1.99. The number of fused-ring (bicyclic) bond motifs is 1. The summed E-state index contributed by atoms with van der Waals surface area (Å²) < 4.78 is 11.8. The van der Waals surface area contributed by atoms with E-state index in [1.807, 2.05) is 13.8 Å². The van der Waals surface area contributed by atoms with E-state index in [2.05, 4.69) is 43.2 Å². The van der Waals surface area contributed by atoms with Crippen LogP contribution in [0.4, 0.5) is 0 Å². The first-order valence-electron chi connectivity index (χ1n) is 9.41. The van der Waals surface area contributed by atoms with Gasteiger partial charge in [0.25, 0.3) is 0 Å². The Balaban J connectivity index is 2.02. The van der Waals surface area contributed by atoms with E-state index in [4.69, 9.17) is 9.47 Å². The summed E-state index contributed by atoms with van der Waals surface area (Å²) >= 11 is 0. The Morgan fingerprint density at radius 3 is 2.60 bits per heavy atom. The van der Waals surface area contributed by atoms with Crippen LogP contribution in [0.15, 0.2) is 12.1 Å². The van der Waals surface area contributed by atoms with Gasteiger partial charge in [-0.25, -0.2) is 0 Å². The zero-order valence-corrected chi connectivity index (χ0v) is 16.1. The molecule has 0 unspecified atom stereocenters. The molecule has 0 saturated carbocycles. The van der Waals surface area contributed by atoms with E-state index in [1.165, 1.54) is 5.56 Å². The molecule has 2 saturated heterocycles. The van der Waals surface area contributed by atoms with Crippen LogP contribution >= 0.6 is 0 Å². The first-order chi connectivity index (χ1) is 11.9. The molecule has 1 aromatic carbocycles. The maximum Gasteiger partial charge on any atom is 0.130 e. The molecule has 0 radical (unpaired) electrons.